The number of carbonyl (C=O) groups excluding carboxylic acids is 2. The number of hydrogen-bond acceptors (Lipinski definition) is 5. The molecular weight excluding hydrogens is 437 g/mol. The lowest BCUT2D eigenvalue weighted by Crippen LogP contribution is -2.31. The van der Waals surface area contributed by atoms with Crippen molar-refractivity contribution in [2.45, 2.75) is 39.3 Å². The predicted octanol–water partition coefficient (Wildman–Crippen LogP) is 5.18. The van der Waals surface area contributed by atoms with Crippen LogP contribution in [0.25, 0.3) is 5.76 Å². The van der Waals surface area contributed by atoms with Crippen molar-refractivity contribution >= 4 is 17.4 Å². The van der Waals surface area contributed by atoms with Gasteiger partial charge in [0, 0.05) is 12.1 Å². The van der Waals surface area contributed by atoms with Gasteiger partial charge in [0.15, 0.2) is 0 Å². The summed E-state index contributed by atoms with van der Waals surface area (Å²) >= 11 is 0. The molecule has 1 unspecified atom stereocenters. The molecular formula is C27H26FNO5. The molecule has 0 radical (unpaired) electrons. The first kappa shape index (κ1) is 23.3. The molecule has 1 amide bonds. The SMILES string of the molecule is Cc1ccc(C2/C(=C(/O)c3ccc(OC(C)C)cc3)C(=O)C(=O)N2CCc2ccc(F)cc2)o1. The Morgan fingerprint density at radius 1 is 1.06 bits per heavy atom. The summed E-state index contributed by atoms with van der Waals surface area (Å²) in [5.41, 5.74) is 1.18. The Kier molecular flexibility index (Phi) is 6.54. The summed E-state index contributed by atoms with van der Waals surface area (Å²) in [6.07, 6.45) is 0.401. The highest BCUT2D eigenvalue weighted by Gasteiger charge is 2.47. The molecule has 1 fully saturated rings. The van der Waals surface area contributed by atoms with Gasteiger partial charge in [-0.25, -0.2) is 4.39 Å². The molecule has 34 heavy (non-hydrogen) atoms. The Hall–Kier alpha value is -3.87. The largest absolute Gasteiger partial charge is 0.507 e. The third-order valence-corrected chi connectivity index (χ3v) is 5.62. The number of halogens is 1. The van der Waals surface area contributed by atoms with E-state index < -0.39 is 17.7 Å². The van der Waals surface area contributed by atoms with Gasteiger partial charge >= 0.3 is 0 Å². The molecule has 2 aromatic carbocycles. The number of benzene rings is 2. The van der Waals surface area contributed by atoms with Crippen molar-refractivity contribution in [1.82, 2.24) is 4.90 Å². The van der Waals surface area contributed by atoms with E-state index >= 15 is 0 Å². The summed E-state index contributed by atoms with van der Waals surface area (Å²) in [7, 11) is 0. The number of likely N-dealkylation sites (tertiary alicyclic amines) is 1. The highest BCUT2D eigenvalue weighted by Crippen LogP contribution is 2.40. The lowest BCUT2D eigenvalue weighted by Gasteiger charge is -2.23. The van der Waals surface area contributed by atoms with Crippen LogP contribution in [0.3, 0.4) is 0 Å². The molecule has 6 nitrogen and oxygen atoms in total. The number of rotatable bonds is 7. The summed E-state index contributed by atoms with van der Waals surface area (Å²) in [5.74, 6) is -0.491. The normalized spacial score (nSPS) is 17.6. The number of Topliss-reactive ketones (excluding diaryl/α,β-unsaturated/α-hetero) is 1. The van der Waals surface area contributed by atoms with Gasteiger partial charge in [-0.15, -0.1) is 0 Å². The van der Waals surface area contributed by atoms with Gasteiger partial charge in [-0.2, -0.15) is 0 Å². The maximum Gasteiger partial charge on any atom is 0.295 e. The number of nitrogens with zero attached hydrogens (tertiary/aromatic N) is 1. The van der Waals surface area contributed by atoms with Crippen LogP contribution in [-0.2, 0) is 16.0 Å². The predicted molar refractivity (Wildman–Crippen MR) is 125 cm³/mol. The molecule has 0 aliphatic carbocycles. The van der Waals surface area contributed by atoms with Gasteiger partial charge in [-0.05, 0) is 81.3 Å². The second kappa shape index (κ2) is 9.55. The first-order valence-electron chi connectivity index (χ1n) is 11.1. The summed E-state index contributed by atoms with van der Waals surface area (Å²) in [6, 6.07) is 15.2. The Balaban J connectivity index is 1.70. The minimum absolute atomic E-state index is 0.00642. The quantitative estimate of drug-likeness (QED) is 0.297. The number of carbonyl (C=O) groups is 2. The highest BCUT2D eigenvalue weighted by molar-refractivity contribution is 6.46. The monoisotopic (exact) mass is 463 g/mol. The lowest BCUT2D eigenvalue weighted by molar-refractivity contribution is -0.140. The number of ether oxygens (including phenoxy) is 1. The van der Waals surface area contributed by atoms with Gasteiger partial charge < -0.3 is 19.2 Å². The van der Waals surface area contributed by atoms with E-state index in [4.69, 9.17) is 9.15 Å². The smallest absolute Gasteiger partial charge is 0.295 e. The third kappa shape index (κ3) is 4.73. The second-order valence-electron chi connectivity index (χ2n) is 8.51. The molecule has 0 saturated carbocycles. The number of aliphatic hydroxyl groups is 1. The van der Waals surface area contributed by atoms with Gasteiger partial charge in [0.25, 0.3) is 11.7 Å². The van der Waals surface area contributed by atoms with Gasteiger partial charge in [-0.1, -0.05) is 12.1 Å². The maximum absolute atomic E-state index is 13.3. The molecule has 1 atom stereocenters. The van der Waals surface area contributed by atoms with Crippen LogP contribution in [0.4, 0.5) is 4.39 Å². The molecule has 0 spiro atoms. The van der Waals surface area contributed by atoms with E-state index in [-0.39, 0.29) is 29.8 Å². The lowest BCUT2D eigenvalue weighted by atomic mass is 9.99. The summed E-state index contributed by atoms with van der Waals surface area (Å²) in [5, 5.41) is 11.1. The summed E-state index contributed by atoms with van der Waals surface area (Å²) in [6.45, 7) is 5.78. The van der Waals surface area contributed by atoms with E-state index in [1.54, 1.807) is 55.5 Å². The van der Waals surface area contributed by atoms with E-state index in [0.717, 1.165) is 5.56 Å². The topological polar surface area (TPSA) is 80.0 Å². The number of ketones is 1. The van der Waals surface area contributed by atoms with Gasteiger partial charge in [0.2, 0.25) is 0 Å². The Labute approximate surface area is 197 Å². The molecule has 7 heteroatoms. The van der Waals surface area contributed by atoms with Crippen LogP contribution in [0.2, 0.25) is 0 Å². The van der Waals surface area contributed by atoms with Crippen LogP contribution in [0, 0.1) is 12.7 Å². The van der Waals surface area contributed by atoms with Crippen molar-refractivity contribution in [3.63, 3.8) is 0 Å². The number of aliphatic hydroxyl groups excluding tert-OH is 1. The van der Waals surface area contributed by atoms with Crippen LogP contribution < -0.4 is 4.74 Å². The van der Waals surface area contributed by atoms with Crippen LogP contribution in [0.15, 0.2) is 70.7 Å². The van der Waals surface area contributed by atoms with E-state index in [2.05, 4.69) is 0 Å². The van der Waals surface area contributed by atoms with Crippen LogP contribution in [0.5, 0.6) is 5.75 Å². The zero-order valence-corrected chi connectivity index (χ0v) is 19.2. The minimum Gasteiger partial charge on any atom is -0.507 e. The molecule has 1 aliphatic rings. The first-order chi connectivity index (χ1) is 16.2. The van der Waals surface area contributed by atoms with Crippen LogP contribution in [-0.4, -0.2) is 34.3 Å². The van der Waals surface area contributed by atoms with Crippen LogP contribution >= 0.6 is 0 Å². The molecule has 3 aromatic rings. The molecule has 1 saturated heterocycles. The fourth-order valence-corrected chi connectivity index (χ4v) is 4.03. The van der Waals surface area contributed by atoms with Crippen molar-refractivity contribution in [2.75, 3.05) is 6.54 Å². The second-order valence-corrected chi connectivity index (χ2v) is 8.51. The molecule has 1 aromatic heterocycles. The van der Waals surface area contributed by atoms with E-state index in [9.17, 15) is 19.1 Å². The standard InChI is InChI=1S/C27H26FNO5/c1-16(2)33-21-11-7-19(8-12-21)25(30)23-24(22-13-4-17(3)34-22)29(27(32)26(23)31)15-14-18-5-9-20(28)10-6-18/h4-13,16,24,30H,14-15H2,1-3H3/b25-23-. The van der Waals surface area contributed by atoms with Gasteiger partial charge in [0.1, 0.15) is 34.9 Å². The van der Waals surface area contributed by atoms with E-state index in [0.29, 0.717) is 29.3 Å². The number of aryl methyl sites for hydroxylation is 1. The van der Waals surface area contributed by atoms with Crippen molar-refractivity contribution in [1.29, 1.82) is 0 Å². The van der Waals surface area contributed by atoms with E-state index in [1.807, 2.05) is 13.8 Å². The van der Waals surface area contributed by atoms with Gasteiger partial charge in [0.05, 0.1) is 11.7 Å². The number of hydrogen-bond donors (Lipinski definition) is 1. The zero-order valence-electron chi connectivity index (χ0n) is 19.2. The molecule has 2 heterocycles. The first-order valence-corrected chi connectivity index (χ1v) is 11.1. The van der Waals surface area contributed by atoms with Crippen molar-refractivity contribution in [2.24, 2.45) is 0 Å². The van der Waals surface area contributed by atoms with Crippen molar-refractivity contribution in [3.05, 3.63) is 94.7 Å². The highest BCUT2D eigenvalue weighted by atomic mass is 19.1. The van der Waals surface area contributed by atoms with E-state index in [1.165, 1.54) is 17.0 Å². The Morgan fingerprint density at radius 3 is 2.32 bits per heavy atom. The molecule has 0 bridgehead atoms. The molecule has 1 aliphatic heterocycles. The minimum atomic E-state index is -0.874. The summed E-state index contributed by atoms with van der Waals surface area (Å²) < 4.78 is 24.7. The zero-order chi connectivity index (χ0) is 24.4. The summed E-state index contributed by atoms with van der Waals surface area (Å²) in [4.78, 5) is 27.5. The fraction of sp³-hybridized carbons (Fsp3) is 0.259. The average Bonchev–Trinajstić information content (AvgIpc) is 3.34. The van der Waals surface area contributed by atoms with Crippen molar-refractivity contribution in [3.8, 4) is 5.75 Å². The van der Waals surface area contributed by atoms with Crippen LogP contribution in [0.1, 0.15) is 42.5 Å². The number of amides is 1. The number of furan rings is 1. The van der Waals surface area contributed by atoms with Crippen molar-refractivity contribution < 1.29 is 28.2 Å². The Bertz CT molecular complexity index is 1220. The maximum atomic E-state index is 13.3. The van der Waals surface area contributed by atoms with Gasteiger partial charge in [-0.3, -0.25) is 9.59 Å². The molecule has 176 valence electrons. The third-order valence-electron chi connectivity index (χ3n) is 5.62. The fourth-order valence-electron chi connectivity index (χ4n) is 4.03. The molecule has 1 N–H and O–H groups in total. The average molecular weight is 464 g/mol. The Morgan fingerprint density at radius 2 is 1.74 bits per heavy atom. The molecule has 4 rings (SSSR count).